The van der Waals surface area contributed by atoms with Crippen LogP contribution in [0.2, 0.25) is 0 Å². The Labute approximate surface area is 221 Å². The maximum Gasteiger partial charge on any atom is 0.326 e. The summed E-state index contributed by atoms with van der Waals surface area (Å²) in [5.41, 5.74) is 8.70. The number of carbonyl (C=O) groups excluding carboxylic acids is 3. The fourth-order valence-electron chi connectivity index (χ4n) is 4.20. The number of rotatable bonds is 13. The molecule has 0 bridgehead atoms. The molecule has 0 spiro atoms. The smallest absolute Gasteiger partial charge is 0.326 e. The van der Waals surface area contributed by atoms with Crippen LogP contribution in [0.15, 0.2) is 60.8 Å². The van der Waals surface area contributed by atoms with Gasteiger partial charge in [-0.05, 0) is 36.0 Å². The van der Waals surface area contributed by atoms with E-state index >= 15 is 0 Å². The van der Waals surface area contributed by atoms with E-state index in [0.717, 1.165) is 22.0 Å². The second kappa shape index (κ2) is 13.4. The number of aliphatic carboxylic acids is 1. The van der Waals surface area contributed by atoms with Gasteiger partial charge in [-0.3, -0.25) is 14.4 Å². The molecule has 3 unspecified atom stereocenters. The second-order valence-corrected chi connectivity index (χ2v) is 9.73. The van der Waals surface area contributed by atoms with Crippen LogP contribution in [-0.4, -0.2) is 58.5 Å². The monoisotopic (exact) mass is 521 g/mol. The van der Waals surface area contributed by atoms with E-state index in [0.29, 0.717) is 0 Å². The zero-order valence-electron chi connectivity index (χ0n) is 21.6. The Morgan fingerprint density at radius 2 is 1.58 bits per heavy atom. The third kappa shape index (κ3) is 8.17. The Kier molecular flexibility index (Phi) is 10.0. The van der Waals surface area contributed by atoms with E-state index in [2.05, 4.69) is 20.9 Å². The summed E-state index contributed by atoms with van der Waals surface area (Å²) in [6, 6.07) is 13.7. The number of carboxylic acids is 1. The van der Waals surface area contributed by atoms with E-state index in [1.54, 1.807) is 30.5 Å². The molecule has 3 atom stereocenters. The summed E-state index contributed by atoms with van der Waals surface area (Å²) >= 11 is 0. The van der Waals surface area contributed by atoms with E-state index < -0.39 is 41.8 Å². The minimum absolute atomic E-state index is 0.0437. The fourth-order valence-corrected chi connectivity index (χ4v) is 4.20. The molecule has 0 aliphatic heterocycles. The van der Waals surface area contributed by atoms with Gasteiger partial charge in [0.05, 0.1) is 12.6 Å². The Morgan fingerprint density at radius 1 is 0.895 bits per heavy atom. The molecule has 202 valence electrons. The number of hydrogen-bond acceptors (Lipinski definition) is 5. The van der Waals surface area contributed by atoms with Crippen LogP contribution in [0.5, 0.6) is 0 Å². The molecule has 7 N–H and O–H groups in total. The summed E-state index contributed by atoms with van der Waals surface area (Å²) < 4.78 is 0. The minimum atomic E-state index is -1.15. The largest absolute Gasteiger partial charge is 0.480 e. The minimum Gasteiger partial charge on any atom is -0.480 e. The van der Waals surface area contributed by atoms with Gasteiger partial charge in [0.1, 0.15) is 12.1 Å². The molecule has 3 amide bonds. The van der Waals surface area contributed by atoms with Gasteiger partial charge < -0.3 is 31.8 Å². The molecular weight excluding hydrogens is 486 g/mol. The molecule has 2 aromatic carbocycles. The Morgan fingerprint density at radius 3 is 2.26 bits per heavy atom. The molecule has 0 radical (unpaired) electrons. The number of aromatic nitrogens is 1. The molecule has 38 heavy (non-hydrogen) atoms. The molecule has 10 heteroatoms. The molecule has 0 aliphatic carbocycles. The highest BCUT2D eigenvalue weighted by Crippen LogP contribution is 2.18. The SMILES string of the molecule is CC(C)CC(NC(=O)C(Cc1ccccc1)NC(=O)CNC(=O)C(N)Cc1c[nH]c2ccccc12)C(=O)O. The van der Waals surface area contributed by atoms with Crippen molar-refractivity contribution >= 4 is 34.6 Å². The van der Waals surface area contributed by atoms with Crippen molar-refractivity contribution in [1.29, 1.82) is 0 Å². The number of nitrogens with two attached hydrogens (primary N) is 1. The van der Waals surface area contributed by atoms with Gasteiger partial charge in [-0.15, -0.1) is 0 Å². The van der Waals surface area contributed by atoms with Crippen molar-refractivity contribution in [2.45, 2.75) is 51.2 Å². The molecule has 0 aliphatic rings. The zero-order chi connectivity index (χ0) is 27.7. The van der Waals surface area contributed by atoms with Crippen LogP contribution in [0.3, 0.4) is 0 Å². The van der Waals surface area contributed by atoms with E-state index in [-0.39, 0.29) is 31.7 Å². The molecule has 0 saturated carbocycles. The van der Waals surface area contributed by atoms with Crippen molar-refractivity contribution in [3.63, 3.8) is 0 Å². The van der Waals surface area contributed by atoms with Gasteiger partial charge in [-0.25, -0.2) is 4.79 Å². The summed E-state index contributed by atoms with van der Waals surface area (Å²) in [6.07, 6.45) is 2.49. The molecule has 0 fully saturated rings. The van der Waals surface area contributed by atoms with E-state index in [1.807, 2.05) is 44.2 Å². The summed E-state index contributed by atoms with van der Waals surface area (Å²) in [6.45, 7) is 3.34. The van der Waals surface area contributed by atoms with Crippen LogP contribution in [0.25, 0.3) is 10.9 Å². The van der Waals surface area contributed by atoms with Crippen molar-refractivity contribution in [3.8, 4) is 0 Å². The highest BCUT2D eigenvalue weighted by atomic mass is 16.4. The highest BCUT2D eigenvalue weighted by molar-refractivity contribution is 5.93. The molecular formula is C28H35N5O5. The van der Waals surface area contributed by atoms with Crippen LogP contribution in [0.4, 0.5) is 0 Å². The molecule has 1 aromatic heterocycles. The van der Waals surface area contributed by atoms with Crippen molar-refractivity contribution in [2.24, 2.45) is 11.7 Å². The number of hydrogen-bond donors (Lipinski definition) is 6. The van der Waals surface area contributed by atoms with Crippen LogP contribution in [0, 0.1) is 5.92 Å². The lowest BCUT2D eigenvalue weighted by atomic mass is 10.0. The topological polar surface area (TPSA) is 166 Å². The first-order valence-electron chi connectivity index (χ1n) is 12.6. The fraction of sp³-hybridized carbons (Fsp3) is 0.357. The van der Waals surface area contributed by atoms with Crippen LogP contribution in [-0.2, 0) is 32.0 Å². The van der Waals surface area contributed by atoms with Gasteiger partial charge in [-0.2, -0.15) is 0 Å². The number of nitrogens with one attached hydrogen (secondary N) is 4. The Balaban J connectivity index is 1.60. The summed E-state index contributed by atoms with van der Waals surface area (Å²) in [7, 11) is 0. The Bertz CT molecular complexity index is 1260. The lowest BCUT2D eigenvalue weighted by molar-refractivity contribution is -0.142. The van der Waals surface area contributed by atoms with E-state index in [4.69, 9.17) is 5.73 Å². The lowest BCUT2D eigenvalue weighted by Gasteiger charge is -2.23. The van der Waals surface area contributed by atoms with Crippen LogP contribution in [0.1, 0.15) is 31.4 Å². The number of benzene rings is 2. The van der Waals surface area contributed by atoms with Gasteiger partial charge in [0.2, 0.25) is 17.7 Å². The third-order valence-electron chi connectivity index (χ3n) is 6.13. The molecule has 3 aromatic rings. The maximum atomic E-state index is 13.0. The first kappa shape index (κ1) is 28.4. The van der Waals surface area contributed by atoms with Gasteiger partial charge in [0.15, 0.2) is 0 Å². The van der Waals surface area contributed by atoms with Gasteiger partial charge in [0, 0.05) is 23.5 Å². The normalized spacial score (nSPS) is 13.5. The quantitative estimate of drug-likeness (QED) is 0.199. The predicted molar refractivity (Wildman–Crippen MR) is 144 cm³/mol. The summed E-state index contributed by atoms with van der Waals surface area (Å²) in [5, 5.41) is 18.2. The first-order chi connectivity index (χ1) is 18.1. The zero-order valence-corrected chi connectivity index (χ0v) is 21.6. The molecule has 0 saturated heterocycles. The highest BCUT2D eigenvalue weighted by Gasteiger charge is 2.27. The molecule has 3 rings (SSSR count). The average Bonchev–Trinajstić information content (AvgIpc) is 3.29. The number of H-pyrrole nitrogens is 1. The van der Waals surface area contributed by atoms with Crippen molar-refractivity contribution in [2.75, 3.05) is 6.54 Å². The summed E-state index contributed by atoms with van der Waals surface area (Å²) in [5.74, 6) is -2.81. The van der Waals surface area contributed by atoms with Crippen molar-refractivity contribution in [1.82, 2.24) is 20.9 Å². The summed E-state index contributed by atoms with van der Waals surface area (Å²) in [4.78, 5) is 53.1. The lowest BCUT2D eigenvalue weighted by Crippen LogP contribution is -2.54. The number of aromatic amines is 1. The number of carbonyl (C=O) groups is 4. The second-order valence-electron chi connectivity index (χ2n) is 9.73. The number of amides is 3. The number of fused-ring (bicyclic) bond motifs is 1. The van der Waals surface area contributed by atoms with Gasteiger partial charge in [0.25, 0.3) is 0 Å². The van der Waals surface area contributed by atoms with Crippen LogP contribution < -0.4 is 21.7 Å². The third-order valence-corrected chi connectivity index (χ3v) is 6.13. The average molecular weight is 522 g/mol. The standard InChI is InChI=1S/C28H35N5O5/c1-17(2)12-24(28(37)38)33-27(36)23(13-18-8-4-3-5-9-18)32-25(34)16-31-26(35)21(29)14-19-15-30-22-11-7-6-10-20(19)22/h3-11,15,17,21,23-24,30H,12-14,16,29H2,1-2H3,(H,31,35)(H,32,34)(H,33,36)(H,37,38). The molecule has 1 heterocycles. The first-order valence-corrected chi connectivity index (χ1v) is 12.6. The van der Waals surface area contributed by atoms with Crippen LogP contribution >= 0.6 is 0 Å². The van der Waals surface area contributed by atoms with Crippen molar-refractivity contribution in [3.05, 3.63) is 71.9 Å². The van der Waals surface area contributed by atoms with Gasteiger partial charge >= 0.3 is 5.97 Å². The maximum absolute atomic E-state index is 13.0. The number of para-hydroxylation sites is 1. The molecule has 10 nitrogen and oxygen atoms in total. The van der Waals surface area contributed by atoms with Gasteiger partial charge in [-0.1, -0.05) is 62.4 Å². The predicted octanol–water partition coefficient (Wildman–Crippen LogP) is 1.50. The Hall–Kier alpha value is -4.18. The van der Waals surface area contributed by atoms with Crippen molar-refractivity contribution < 1.29 is 24.3 Å². The van der Waals surface area contributed by atoms with E-state index in [1.165, 1.54) is 0 Å². The number of carboxylic acid groups (broad SMARTS) is 1. The van der Waals surface area contributed by atoms with E-state index in [9.17, 15) is 24.3 Å².